The number of pyridine rings is 1. The maximum absolute atomic E-state index is 8.74. The third-order valence-corrected chi connectivity index (χ3v) is 3.99. The van der Waals surface area contributed by atoms with E-state index in [9.17, 15) is 0 Å². The molecule has 1 saturated carbocycles. The summed E-state index contributed by atoms with van der Waals surface area (Å²) in [6, 6.07) is 10.2. The summed E-state index contributed by atoms with van der Waals surface area (Å²) >= 11 is 0. The number of aromatic nitrogens is 1. The Balaban J connectivity index is 2.05. The molecule has 0 saturated heterocycles. The summed E-state index contributed by atoms with van der Waals surface area (Å²) in [7, 11) is 0. The number of hydrogen-bond acceptors (Lipinski definition) is 3. The standard InChI is InChI=1S/C16H18N2O/c19-17-11-14-8-4-7-13-9-10-15(18-16(13)14)12-5-2-1-3-6-12/h4,7-12,19H,1-3,5-6H2. The maximum atomic E-state index is 8.74. The predicted molar refractivity (Wildman–Crippen MR) is 76.9 cm³/mol. The van der Waals surface area contributed by atoms with Crippen LogP contribution in [0, 0.1) is 0 Å². The van der Waals surface area contributed by atoms with Crippen LogP contribution in [-0.2, 0) is 0 Å². The lowest BCUT2D eigenvalue weighted by Crippen LogP contribution is -2.06. The van der Waals surface area contributed by atoms with E-state index in [-0.39, 0.29) is 0 Å². The van der Waals surface area contributed by atoms with Crippen LogP contribution in [0.3, 0.4) is 0 Å². The van der Waals surface area contributed by atoms with E-state index in [2.05, 4.69) is 17.3 Å². The highest BCUT2D eigenvalue weighted by molar-refractivity contribution is 5.97. The first kappa shape index (κ1) is 12.2. The Kier molecular flexibility index (Phi) is 3.45. The SMILES string of the molecule is ON=Cc1cccc2ccc(C3CCCCC3)nc12. The first-order valence-electron chi connectivity index (χ1n) is 6.95. The fourth-order valence-electron chi connectivity index (χ4n) is 2.98. The van der Waals surface area contributed by atoms with Crippen molar-refractivity contribution in [1.82, 2.24) is 4.98 Å². The molecule has 3 nitrogen and oxygen atoms in total. The van der Waals surface area contributed by atoms with Crippen molar-refractivity contribution in [3.05, 3.63) is 41.6 Å². The molecule has 0 bridgehead atoms. The number of oxime groups is 1. The molecular weight excluding hydrogens is 236 g/mol. The van der Waals surface area contributed by atoms with E-state index in [0.29, 0.717) is 5.92 Å². The summed E-state index contributed by atoms with van der Waals surface area (Å²) in [6.45, 7) is 0. The van der Waals surface area contributed by atoms with Gasteiger partial charge in [0.05, 0.1) is 11.7 Å². The van der Waals surface area contributed by atoms with E-state index in [0.717, 1.165) is 16.5 Å². The zero-order valence-electron chi connectivity index (χ0n) is 10.9. The van der Waals surface area contributed by atoms with Gasteiger partial charge in [-0.2, -0.15) is 0 Å². The normalized spacial score (nSPS) is 17.3. The average molecular weight is 254 g/mol. The van der Waals surface area contributed by atoms with E-state index in [1.807, 2.05) is 18.2 Å². The zero-order chi connectivity index (χ0) is 13.1. The van der Waals surface area contributed by atoms with E-state index >= 15 is 0 Å². The molecule has 1 heterocycles. The molecule has 0 atom stereocenters. The van der Waals surface area contributed by atoms with Gasteiger partial charge in [0, 0.05) is 22.6 Å². The number of hydrogen-bond donors (Lipinski definition) is 1. The molecule has 1 aliphatic rings. The molecule has 1 aromatic carbocycles. The Morgan fingerprint density at radius 2 is 1.95 bits per heavy atom. The monoisotopic (exact) mass is 254 g/mol. The lowest BCUT2D eigenvalue weighted by atomic mass is 9.86. The highest BCUT2D eigenvalue weighted by atomic mass is 16.4. The highest BCUT2D eigenvalue weighted by Crippen LogP contribution is 2.32. The van der Waals surface area contributed by atoms with Crippen LogP contribution in [0.4, 0.5) is 0 Å². The summed E-state index contributed by atoms with van der Waals surface area (Å²) in [4.78, 5) is 4.82. The summed E-state index contributed by atoms with van der Waals surface area (Å²) in [6.07, 6.45) is 7.92. The number of rotatable bonds is 2. The molecule has 0 radical (unpaired) electrons. The maximum Gasteiger partial charge on any atom is 0.0794 e. The van der Waals surface area contributed by atoms with Gasteiger partial charge in [-0.1, -0.05) is 48.7 Å². The molecular formula is C16H18N2O. The molecule has 19 heavy (non-hydrogen) atoms. The Morgan fingerprint density at radius 1 is 1.11 bits per heavy atom. The molecule has 1 N–H and O–H groups in total. The van der Waals surface area contributed by atoms with Gasteiger partial charge in [-0.05, 0) is 18.9 Å². The van der Waals surface area contributed by atoms with Gasteiger partial charge in [0.15, 0.2) is 0 Å². The van der Waals surface area contributed by atoms with Crippen molar-refractivity contribution in [1.29, 1.82) is 0 Å². The first-order chi connectivity index (χ1) is 9.38. The minimum atomic E-state index is 0.595. The molecule has 0 spiro atoms. The second kappa shape index (κ2) is 5.39. The van der Waals surface area contributed by atoms with E-state index in [4.69, 9.17) is 10.2 Å². The van der Waals surface area contributed by atoms with Crippen LogP contribution in [0.5, 0.6) is 0 Å². The fourth-order valence-corrected chi connectivity index (χ4v) is 2.98. The largest absolute Gasteiger partial charge is 0.411 e. The Bertz CT molecular complexity index is 601. The van der Waals surface area contributed by atoms with Gasteiger partial charge < -0.3 is 5.21 Å². The minimum Gasteiger partial charge on any atom is -0.411 e. The summed E-state index contributed by atoms with van der Waals surface area (Å²) < 4.78 is 0. The summed E-state index contributed by atoms with van der Waals surface area (Å²) in [5, 5.41) is 13.0. The van der Waals surface area contributed by atoms with Crippen molar-refractivity contribution in [2.75, 3.05) is 0 Å². The van der Waals surface area contributed by atoms with Crippen LogP contribution >= 0.6 is 0 Å². The molecule has 0 amide bonds. The van der Waals surface area contributed by atoms with Gasteiger partial charge in [0.1, 0.15) is 0 Å². The van der Waals surface area contributed by atoms with E-state index in [1.165, 1.54) is 44.0 Å². The third-order valence-electron chi connectivity index (χ3n) is 3.99. The summed E-state index contributed by atoms with van der Waals surface area (Å²) in [5.74, 6) is 0.595. The van der Waals surface area contributed by atoms with Crippen molar-refractivity contribution < 1.29 is 5.21 Å². The molecule has 1 aliphatic carbocycles. The minimum absolute atomic E-state index is 0.595. The van der Waals surface area contributed by atoms with Crippen molar-refractivity contribution >= 4 is 17.1 Å². The quantitative estimate of drug-likeness (QED) is 0.498. The van der Waals surface area contributed by atoms with Crippen LogP contribution in [0.25, 0.3) is 10.9 Å². The number of nitrogens with zero attached hydrogens (tertiary/aromatic N) is 2. The average Bonchev–Trinajstić information content (AvgIpc) is 2.48. The van der Waals surface area contributed by atoms with Gasteiger partial charge in [-0.15, -0.1) is 0 Å². The molecule has 1 fully saturated rings. The van der Waals surface area contributed by atoms with Crippen molar-refractivity contribution in [2.24, 2.45) is 5.16 Å². The molecule has 0 aliphatic heterocycles. The van der Waals surface area contributed by atoms with Gasteiger partial charge in [-0.25, -0.2) is 0 Å². The van der Waals surface area contributed by atoms with Crippen LogP contribution < -0.4 is 0 Å². The van der Waals surface area contributed by atoms with Crippen molar-refractivity contribution in [2.45, 2.75) is 38.0 Å². The Hall–Kier alpha value is -1.90. The van der Waals surface area contributed by atoms with Crippen LogP contribution in [0.2, 0.25) is 0 Å². The van der Waals surface area contributed by atoms with Gasteiger partial charge in [0.2, 0.25) is 0 Å². The van der Waals surface area contributed by atoms with Crippen LogP contribution in [0.1, 0.15) is 49.3 Å². The second-order valence-electron chi connectivity index (χ2n) is 5.23. The lowest BCUT2D eigenvalue weighted by molar-refractivity contribution is 0.322. The van der Waals surface area contributed by atoms with E-state index < -0.39 is 0 Å². The highest BCUT2D eigenvalue weighted by Gasteiger charge is 2.17. The first-order valence-corrected chi connectivity index (χ1v) is 6.95. The molecule has 2 aromatic rings. The topological polar surface area (TPSA) is 45.5 Å². The predicted octanol–water partition coefficient (Wildman–Crippen LogP) is 4.09. The smallest absolute Gasteiger partial charge is 0.0794 e. The summed E-state index contributed by atoms with van der Waals surface area (Å²) in [5.41, 5.74) is 2.99. The van der Waals surface area contributed by atoms with Crippen LogP contribution in [0.15, 0.2) is 35.5 Å². The van der Waals surface area contributed by atoms with Gasteiger partial charge >= 0.3 is 0 Å². The number of para-hydroxylation sites is 1. The molecule has 98 valence electrons. The fraction of sp³-hybridized carbons (Fsp3) is 0.375. The van der Waals surface area contributed by atoms with Gasteiger partial charge in [0.25, 0.3) is 0 Å². The number of benzene rings is 1. The second-order valence-corrected chi connectivity index (χ2v) is 5.23. The molecule has 1 aromatic heterocycles. The van der Waals surface area contributed by atoms with Crippen molar-refractivity contribution in [3.8, 4) is 0 Å². The lowest BCUT2D eigenvalue weighted by Gasteiger charge is -2.21. The van der Waals surface area contributed by atoms with Crippen molar-refractivity contribution in [3.63, 3.8) is 0 Å². The molecule has 0 unspecified atom stereocenters. The Morgan fingerprint density at radius 3 is 2.74 bits per heavy atom. The van der Waals surface area contributed by atoms with Crippen LogP contribution in [-0.4, -0.2) is 16.4 Å². The zero-order valence-corrected chi connectivity index (χ0v) is 10.9. The van der Waals surface area contributed by atoms with Gasteiger partial charge in [-0.3, -0.25) is 4.98 Å². The van der Waals surface area contributed by atoms with E-state index in [1.54, 1.807) is 0 Å². The Labute approximate surface area is 113 Å². The molecule has 3 heteroatoms. The third kappa shape index (κ3) is 2.46. The molecule has 3 rings (SSSR count). The number of fused-ring (bicyclic) bond motifs is 1.